The third kappa shape index (κ3) is 22.7. The quantitative estimate of drug-likeness (QED) is 0.416. The molecule has 0 nitrogen and oxygen atoms in total. The molecule has 0 saturated carbocycles. The maximum Gasteiger partial charge on any atom is -0.0330 e. The summed E-state index contributed by atoms with van der Waals surface area (Å²) in [5, 5.41) is 0. The summed E-state index contributed by atoms with van der Waals surface area (Å²) in [5.74, 6) is 0.780. The predicted molar refractivity (Wildman–Crippen MR) is 59.4 cm³/mol. The van der Waals surface area contributed by atoms with Crippen molar-refractivity contribution in [2.24, 2.45) is 5.92 Å². The zero-order valence-electron chi connectivity index (χ0n) is 8.97. The number of rotatable bonds is 5. The number of hydrogen-bond donors (Lipinski definition) is 0. The Kier molecular flexibility index (Phi) is 15.3. The minimum Gasteiger partial charge on any atom is -0.103 e. The molecule has 0 heterocycles. The van der Waals surface area contributed by atoms with E-state index in [4.69, 9.17) is 0 Å². The van der Waals surface area contributed by atoms with Gasteiger partial charge in [-0.25, -0.2) is 0 Å². The van der Waals surface area contributed by atoms with Crippen LogP contribution in [0.3, 0.4) is 0 Å². The highest BCUT2D eigenvalue weighted by molar-refractivity contribution is 4.67. The molecule has 0 N–H and O–H groups in total. The highest BCUT2D eigenvalue weighted by atomic mass is 13.9. The second kappa shape index (κ2) is 13.1. The zero-order chi connectivity index (χ0) is 9.82. The fraction of sp³-hybridized carbons (Fsp3) is 0.667. The van der Waals surface area contributed by atoms with Gasteiger partial charge in [-0.05, 0) is 18.8 Å². The van der Waals surface area contributed by atoms with Crippen LogP contribution in [0.5, 0.6) is 0 Å². The third-order valence-electron chi connectivity index (χ3n) is 1.40. The summed E-state index contributed by atoms with van der Waals surface area (Å²) < 4.78 is 0. The Hall–Kier alpha value is -0.520. The van der Waals surface area contributed by atoms with Gasteiger partial charge in [0.25, 0.3) is 0 Å². The van der Waals surface area contributed by atoms with E-state index < -0.39 is 0 Å². The van der Waals surface area contributed by atoms with Crippen molar-refractivity contribution in [1.29, 1.82) is 0 Å². The minimum absolute atomic E-state index is 0.780. The first-order chi connectivity index (χ1) is 5.68. The summed E-state index contributed by atoms with van der Waals surface area (Å²) in [6.45, 7) is 13.7. The number of hydrogen-bond acceptors (Lipinski definition) is 0. The van der Waals surface area contributed by atoms with E-state index >= 15 is 0 Å². The van der Waals surface area contributed by atoms with Crippen molar-refractivity contribution in [3.8, 4) is 0 Å². The fourth-order valence-electron chi connectivity index (χ4n) is 0.682. The maximum absolute atomic E-state index is 3.60. The maximum atomic E-state index is 3.60. The highest BCUT2D eigenvalue weighted by Gasteiger charge is 1.82. The molecule has 0 fully saturated rings. The molecular formula is C12H24. The molecule has 12 heavy (non-hydrogen) atoms. The molecule has 0 aliphatic heterocycles. The van der Waals surface area contributed by atoms with E-state index in [-0.39, 0.29) is 0 Å². The Bertz CT molecular complexity index is 90.2. The van der Waals surface area contributed by atoms with Crippen LogP contribution in [-0.4, -0.2) is 0 Å². The lowest BCUT2D eigenvalue weighted by Gasteiger charge is -1.92. The second-order valence-electron chi connectivity index (χ2n) is 3.35. The van der Waals surface area contributed by atoms with Gasteiger partial charge in [-0.15, -0.1) is 13.2 Å². The zero-order valence-corrected chi connectivity index (χ0v) is 8.97. The molecule has 0 spiro atoms. The van der Waals surface area contributed by atoms with Gasteiger partial charge < -0.3 is 0 Å². The molecule has 0 aliphatic carbocycles. The van der Waals surface area contributed by atoms with Crippen LogP contribution in [0.4, 0.5) is 0 Å². The molecule has 0 bridgehead atoms. The Labute approximate surface area is 78.4 Å². The molecule has 0 rings (SSSR count). The monoisotopic (exact) mass is 168 g/mol. The summed E-state index contributed by atoms with van der Waals surface area (Å²) in [6.07, 6.45) is 8.81. The van der Waals surface area contributed by atoms with Crippen molar-refractivity contribution in [3.05, 3.63) is 25.3 Å². The topological polar surface area (TPSA) is 0 Å². The van der Waals surface area contributed by atoms with E-state index in [0.29, 0.717) is 0 Å². The number of unbranched alkanes of at least 4 members (excludes halogenated alkanes) is 2. The first-order valence-electron chi connectivity index (χ1n) is 4.90. The Morgan fingerprint density at radius 1 is 1.17 bits per heavy atom. The van der Waals surface area contributed by atoms with E-state index in [9.17, 15) is 0 Å². The van der Waals surface area contributed by atoms with E-state index in [1.165, 1.54) is 19.3 Å². The molecule has 72 valence electrons. The lowest BCUT2D eigenvalue weighted by Crippen LogP contribution is -1.78. The van der Waals surface area contributed by atoms with Gasteiger partial charge in [0.05, 0.1) is 0 Å². The van der Waals surface area contributed by atoms with E-state index in [0.717, 1.165) is 12.3 Å². The summed E-state index contributed by atoms with van der Waals surface area (Å²) in [4.78, 5) is 0. The highest BCUT2D eigenvalue weighted by Crippen LogP contribution is 1.96. The molecule has 0 heteroatoms. The molecular weight excluding hydrogens is 144 g/mol. The van der Waals surface area contributed by atoms with Crippen LogP contribution in [0, 0.1) is 5.92 Å². The molecule has 0 amide bonds. The molecule has 0 aromatic carbocycles. The summed E-state index contributed by atoms with van der Waals surface area (Å²) in [6, 6.07) is 0. The van der Waals surface area contributed by atoms with E-state index in [2.05, 4.69) is 33.9 Å². The smallest absolute Gasteiger partial charge is 0.0330 e. The Balaban J connectivity index is 0. The van der Waals surface area contributed by atoms with Crippen LogP contribution >= 0.6 is 0 Å². The van der Waals surface area contributed by atoms with Crippen LogP contribution in [-0.2, 0) is 0 Å². The predicted octanol–water partition coefficient (Wildman–Crippen LogP) is 4.58. The largest absolute Gasteiger partial charge is 0.103 e. The summed E-state index contributed by atoms with van der Waals surface area (Å²) in [5.41, 5.74) is 0. The first-order valence-corrected chi connectivity index (χ1v) is 4.90. The fourth-order valence-corrected chi connectivity index (χ4v) is 0.682. The Morgan fingerprint density at radius 3 is 1.83 bits per heavy atom. The van der Waals surface area contributed by atoms with Crippen molar-refractivity contribution in [3.63, 3.8) is 0 Å². The van der Waals surface area contributed by atoms with E-state index in [1.807, 2.05) is 12.2 Å². The van der Waals surface area contributed by atoms with Gasteiger partial charge in [-0.2, -0.15) is 0 Å². The SMILES string of the molecule is C=CCC(C)C.C=CCCCC. The average molecular weight is 168 g/mol. The average Bonchev–Trinajstić information content (AvgIpc) is 2.02. The van der Waals surface area contributed by atoms with Crippen molar-refractivity contribution < 1.29 is 0 Å². The summed E-state index contributed by atoms with van der Waals surface area (Å²) >= 11 is 0. The van der Waals surface area contributed by atoms with E-state index in [1.54, 1.807) is 0 Å². The van der Waals surface area contributed by atoms with Crippen LogP contribution < -0.4 is 0 Å². The van der Waals surface area contributed by atoms with Gasteiger partial charge in [0, 0.05) is 0 Å². The van der Waals surface area contributed by atoms with Crippen LogP contribution in [0.1, 0.15) is 46.5 Å². The molecule has 0 saturated heterocycles. The standard InChI is InChI=1S/2C6H12/c1-4-5-6(2)3;1-3-5-6-4-2/h4,6H,1,5H2,2-3H3;3H,1,4-6H2,2H3. The van der Waals surface area contributed by atoms with Gasteiger partial charge >= 0.3 is 0 Å². The van der Waals surface area contributed by atoms with Crippen LogP contribution in [0.25, 0.3) is 0 Å². The Morgan fingerprint density at radius 2 is 1.75 bits per heavy atom. The van der Waals surface area contributed by atoms with Crippen molar-refractivity contribution in [2.45, 2.75) is 46.5 Å². The first kappa shape index (κ1) is 14.0. The van der Waals surface area contributed by atoms with Gasteiger partial charge in [0.2, 0.25) is 0 Å². The third-order valence-corrected chi connectivity index (χ3v) is 1.40. The second-order valence-corrected chi connectivity index (χ2v) is 3.35. The van der Waals surface area contributed by atoms with Crippen molar-refractivity contribution in [1.82, 2.24) is 0 Å². The summed E-state index contributed by atoms with van der Waals surface area (Å²) in [7, 11) is 0. The molecule has 0 aliphatic rings. The normalized spacial score (nSPS) is 8.67. The van der Waals surface area contributed by atoms with Crippen LogP contribution in [0.15, 0.2) is 25.3 Å². The molecule has 0 unspecified atom stereocenters. The number of allylic oxidation sites excluding steroid dienone is 2. The van der Waals surface area contributed by atoms with Crippen molar-refractivity contribution >= 4 is 0 Å². The lowest BCUT2D eigenvalue weighted by atomic mass is 10.1. The molecule has 0 aromatic heterocycles. The molecule has 0 aromatic rings. The van der Waals surface area contributed by atoms with Gasteiger partial charge in [0.1, 0.15) is 0 Å². The molecule has 0 radical (unpaired) electrons. The van der Waals surface area contributed by atoms with Crippen LogP contribution in [0.2, 0.25) is 0 Å². The van der Waals surface area contributed by atoms with Gasteiger partial charge in [-0.3, -0.25) is 0 Å². The minimum atomic E-state index is 0.780. The molecule has 0 atom stereocenters. The van der Waals surface area contributed by atoms with Gasteiger partial charge in [-0.1, -0.05) is 45.8 Å². The van der Waals surface area contributed by atoms with Crippen molar-refractivity contribution in [2.75, 3.05) is 0 Å². The lowest BCUT2D eigenvalue weighted by molar-refractivity contribution is 0.664. The van der Waals surface area contributed by atoms with Gasteiger partial charge in [0.15, 0.2) is 0 Å².